The number of carbonyl (C=O) groups is 3. The third kappa shape index (κ3) is 5.92. The maximum absolute atomic E-state index is 13.8. The highest BCUT2D eigenvalue weighted by Gasteiger charge is 2.42. The highest BCUT2D eigenvalue weighted by Crippen LogP contribution is 2.32. The smallest absolute Gasteiger partial charge is 0.410 e. The number of carboxylic acids is 1. The van der Waals surface area contributed by atoms with Crippen molar-refractivity contribution in [3.8, 4) is 0 Å². The summed E-state index contributed by atoms with van der Waals surface area (Å²) >= 11 is 0. The lowest BCUT2D eigenvalue weighted by Crippen LogP contribution is -2.59. The van der Waals surface area contributed by atoms with Gasteiger partial charge in [-0.1, -0.05) is 97.9 Å². The number of rotatable bonds is 10. The van der Waals surface area contributed by atoms with Gasteiger partial charge in [0.1, 0.15) is 12.6 Å². The molecule has 36 heavy (non-hydrogen) atoms. The van der Waals surface area contributed by atoms with E-state index >= 15 is 0 Å². The first-order valence-electron chi connectivity index (χ1n) is 11.9. The summed E-state index contributed by atoms with van der Waals surface area (Å²) in [5.41, 5.74) is 1.11. The van der Waals surface area contributed by atoms with E-state index in [0.29, 0.717) is 6.42 Å². The zero-order chi connectivity index (χ0) is 26.1. The lowest BCUT2D eigenvalue weighted by Gasteiger charge is -2.35. The second-order valence-electron chi connectivity index (χ2n) is 8.77. The van der Waals surface area contributed by atoms with Crippen LogP contribution in [0.4, 0.5) is 4.79 Å². The Kier molecular flexibility index (Phi) is 8.84. The first-order chi connectivity index (χ1) is 17.3. The van der Waals surface area contributed by atoms with Gasteiger partial charge in [0.2, 0.25) is 5.91 Å². The molecule has 0 heterocycles. The fourth-order valence-electron chi connectivity index (χ4n) is 4.27. The minimum Gasteiger partial charge on any atom is -0.480 e. The van der Waals surface area contributed by atoms with Crippen LogP contribution in [0.3, 0.4) is 0 Å². The molecule has 0 spiro atoms. The van der Waals surface area contributed by atoms with Crippen molar-refractivity contribution in [2.45, 2.75) is 44.4 Å². The van der Waals surface area contributed by atoms with Crippen LogP contribution >= 0.6 is 0 Å². The molecule has 2 atom stereocenters. The van der Waals surface area contributed by atoms with Gasteiger partial charge in [-0.2, -0.15) is 0 Å². The van der Waals surface area contributed by atoms with Crippen molar-refractivity contribution >= 4 is 18.0 Å². The van der Waals surface area contributed by atoms with Gasteiger partial charge in [-0.3, -0.25) is 4.79 Å². The zero-order valence-corrected chi connectivity index (χ0v) is 20.8. The number of aliphatic carboxylic acids is 1. The molecule has 0 saturated heterocycles. The third-order valence-corrected chi connectivity index (χ3v) is 6.50. The Hall–Kier alpha value is -4.13. The fraction of sp³-hybridized carbons (Fsp3) is 0.276. The molecule has 0 bridgehead atoms. The second-order valence-corrected chi connectivity index (χ2v) is 8.77. The van der Waals surface area contributed by atoms with E-state index in [1.54, 1.807) is 13.8 Å². The lowest BCUT2D eigenvalue weighted by molar-refractivity contribution is -0.144. The molecule has 0 unspecified atom stereocenters. The Morgan fingerprint density at radius 2 is 1.36 bits per heavy atom. The first kappa shape index (κ1) is 26.5. The molecule has 3 aromatic rings. The predicted octanol–water partition coefficient (Wildman–Crippen LogP) is 4.61. The monoisotopic (exact) mass is 488 g/mol. The Morgan fingerprint density at radius 3 is 1.81 bits per heavy atom. The minimum absolute atomic E-state index is 0.0601. The number of hydrogen-bond donors (Lipinski definition) is 2. The largest absolute Gasteiger partial charge is 0.480 e. The number of carboxylic acid groups (broad SMARTS) is 1. The number of ether oxygens (including phenoxy) is 1. The quantitative estimate of drug-likeness (QED) is 0.435. The number of amides is 2. The van der Waals surface area contributed by atoms with Gasteiger partial charge in [0, 0.05) is 7.05 Å². The van der Waals surface area contributed by atoms with E-state index in [2.05, 4.69) is 5.32 Å². The molecule has 0 aliphatic heterocycles. The van der Waals surface area contributed by atoms with E-state index < -0.39 is 35.5 Å². The normalized spacial score (nSPS) is 12.8. The molecule has 0 aliphatic rings. The van der Waals surface area contributed by atoms with Crippen molar-refractivity contribution in [3.05, 3.63) is 108 Å². The standard InChI is InChI=1S/C29H32N2O5/c1-4-24(31(3)28(35)36-20-21-14-8-5-9-15-21)25(26(32)33)30-27(34)29(2,22-16-10-6-11-17-22)23-18-12-7-13-19-23/h5-19,24-25H,4,20H2,1-3H3,(H,30,34)(H,32,33)/t24-,25+/m1/s1. The van der Waals surface area contributed by atoms with Crippen molar-refractivity contribution in [2.24, 2.45) is 0 Å². The Bertz CT molecular complexity index is 1110. The van der Waals surface area contributed by atoms with E-state index in [1.165, 1.54) is 11.9 Å². The lowest BCUT2D eigenvalue weighted by atomic mass is 9.75. The molecule has 0 aliphatic carbocycles. The van der Waals surface area contributed by atoms with Gasteiger partial charge in [-0.05, 0) is 30.0 Å². The van der Waals surface area contributed by atoms with Crippen LogP contribution in [0.5, 0.6) is 0 Å². The Balaban J connectivity index is 1.84. The number of hydrogen-bond acceptors (Lipinski definition) is 4. The molecule has 0 fully saturated rings. The van der Waals surface area contributed by atoms with Gasteiger partial charge in [-0.25, -0.2) is 9.59 Å². The van der Waals surface area contributed by atoms with Crippen LogP contribution in [-0.2, 0) is 26.3 Å². The van der Waals surface area contributed by atoms with Gasteiger partial charge in [0.05, 0.1) is 11.5 Å². The molecular weight excluding hydrogens is 456 g/mol. The van der Waals surface area contributed by atoms with Crippen LogP contribution in [-0.4, -0.2) is 47.1 Å². The molecule has 3 rings (SSSR count). The average Bonchev–Trinajstić information content (AvgIpc) is 2.92. The molecule has 2 N–H and O–H groups in total. The first-order valence-corrected chi connectivity index (χ1v) is 11.9. The van der Waals surface area contributed by atoms with Gasteiger partial charge < -0.3 is 20.1 Å². The van der Waals surface area contributed by atoms with Crippen LogP contribution in [0.2, 0.25) is 0 Å². The average molecular weight is 489 g/mol. The minimum atomic E-state index is -1.34. The van der Waals surface area contributed by atoms with Crippen LogP contribution in [0, 0.1) is 0 Å². The van der Waals surface area contributed by atoms with Gasteiger partial charge in [0.25, 0.3) is 0 Å². The molecule has 3 aromatic carbocycles. The summed E-state index contributed by atoms with van der Waals surface area (Å²) in [5.74, 6) is -1.71. The predicted molar refractivity (Wildman–Crippen MR) is 137 cm³/mol. The Labute approximate surface area is 211 Å². The van der Waals surface area contributed by atoms with E-state index in [1.807, 2.05) is 91.0 Å². The number of likely N-dealkylation sites (N-methyl/N-ethyl adjacent to an activating group) is 1. The summed E-state index contributed by atoms with van der Waals surface area (Å²) in [4.78, 5) is 40.2. The van der Waals surface area contributed by atoms with Crippen molar-refractivity contribution in [1.29, 1.82) is 0 Å². The zero-order valence-electron chi connectivity index (χ0n) is 20.8. The van der Waals surface area contributed by atoms with E-state index in [-0.39, 0.29) is 6.61 Å². The number of nitrogens with zero attached hydrogens (tertiary/aromatic N) is 1. The number of benzene rings is 3. The van der Waals surface area contributed by atoms with E-state index in [9.17, 15) is 19.5 Å². The summed E-state index contributed by atoms with van der Waals surface area (Å²) in [6.45, 7) is 3.59. The summed E-state index contributed by atoms with van der Waals surface area (Å²) in [6.07, 6.45) is -0.373. The third-order valence-electron chi connectivity index (χ3n) is 6.50. The maximum atomic E-state index is 13.8. The second kappa shape index (κ2) is 12.0. The van der Waals surface area contributed by atoms with Crippen molar-refractivity contribution < 1.29 is 24.2 Å². The summed E-state index contributed by atoms with van der Waals surface area (Å²) < 4.78 is 5.39. The SMILES string of the molecule is CC[C@H]([C@H](NC(=O)C(C)(c1ccccc1)c1ccccc1)C(=O)O)N(C)C(=O)OCc1ccccc1. The van der Waals surface area contributed by atoms with Crippen LogP contribution in [0.1, 0.15) is 37.0 Å². The van der Waals surface area contributed by atoms with E-state index in [4.69, 9.17) is 4.74 Å². The molecule has 7 heteroatoms. The molecular formula is C29H32N2O5. The maximum Gasteiger partial charge on any atom is 0.410 e. The Morgan fingerprint density at radius 1 is 0.889 bits per heavy atom. The molecule has 0 radical (unpaired) electrons. The molecule has 7 nitrogen and oxygen atoms in total. The summed E-state index contributed by atoms with van der Waals surface area (Å²) in [7, 11) is 1.48. The molecule has 0 saturated carbocycles. The van der Waals surface area contributed by atoms with E-state index in [0.717, 1.165) is 16.7 Å². The van der Waals surface area contributed by atoms with Crippen molar-refractivity contribution in [2.75, 3.05) is 7.05 Å². The van der Waals surface area contributed by atoms with Crippen LogP contribution < -0.4 is 5.32 Å². The van der Waals surface area contributed by atoms with Gasteiger partial charge in [0.15, 0.2) is 0 Å². The molecule has 0 aromatic heterocycles. The van der Waals surface area contributed by atoms with Gasteiger partial charge >= 0.3 is 12.1 Å². The van der Waals surface area contributed by atoms with Crippen LogP contribution in [0.25, 0.3) is 0 Å². The van der Waals surface area contributed by atoms with Gasteiger partial charge in [-0.15, -0.1) is 0 Å². The number of carbonyl (C=O) groups excluding carboxylic acids is 2. The highest BCUT2D eigenvalue weighted by molar-refractivity contribution is 5.94. The molecule has 2 amide bonds. The highest BCUT2D eigenvalue weighted by atomic mass is 16.6. The number of nitrogens with one attached hydrogen (secondary N) is 1. The topological polar surface area (TPSA) is 95.9 Å². The molecule has 188 valence electrons. The summed E-state index contributed by atoms with van der Waals surface area (Å²) in [6, 6.07) is 25.5. The van der Waals surface area contributed by atoms with Crippen molar-refractivity contribution in [3.63, 3.8) is 0 Å². The summed E-state index contributed by atoms with van der Waals surface area (Å²) in [5, 5.41) is 12.8. The fourth-order valence-corrected chi connectivity index (χ4v) is 4.27. The van der Waals surface area contributed by atoms with Crippen molar-refractivity contribution in [1.82, 2.24) is 10.2 Å². The van der Waals surface area contributed by atoms with Crippen LogP contribution in [0.15, 0.2) is 91.0 Å².